The van der Waals surface area contributed by atoms with Crippen molar-refractivity contribution in [1.82, 2.24) is 14.7 Å². The number of aromatic nitrogens is 2. The number of hydrogen-bond donors (Lipinski definition) is 1. The summed E-state index contributed by atoms with van der Waals surface area (Å²) in [6.45, 7) is 3.41. The van der Waals surface area contributed by atoms with E-state index >= 15 is 0 Å². The van der Waals surface area contributed by atoms with Gasteiger partial charge in [-0.25, -0.2) is 4.68 Å². The predicted octanol–water partition coefficient (Wildman–Crippen LogP) is 4.14. The maximum absolute atomic E-state index is 13.9. The first-order chi connectivity index (χ1) is 14.8. The van der Waals surface area contributed by atoms with Crippen LogP contribution in [0.2, 0.25) is 0 Å². The number of nitrogens with zero attached hydrogens (tertiary/aromatic N) is 3. The molecule has 4 heterocycles. The zero-order valence-electron chi connectivity index (χ0n) is 17.0. The second-order valence-electron chi connectivity index (χ2n) is 8.44. The highest BCUT2D eigenvalue weighted by atomic mass is 19.4. The number of anilines is 1. The van der Waals surface area contributed by atoms with Crippen molar-refractivity contribution in [1.29, 1.82) is 0 Å². The third-order valence-electron chi connectivity index (χ3n) is 6.28. The zero-order chi connectivity index (χ0) is 21.8. The molecule has 0 radical (unpaired) electrons. The summed E-state index contributed by atoms with van der Waals surface area (Å²) >= 11 is 0. The maximum atomic E-state index is 13.9. The molecular formula is C21H23F3N4O3. The first kappa shape index (κ1) is 20.0. The summed E-state index contributed by atoms with van der Waals surface area (Å²) in [5, 5.41) is 7.20. The normalized spacial score (nSPS) is 23.4. The van der Waals surface area contributed by atoms with Gasteiger partial charge >= 0.3 is 6.18 Å². The minimum atomic E-state index is -4.50. The molecule has 1 aromatic heterocycles. The summed E-state index contributed by atoms with van der Waals surface area (Å²) in [6.07, 6.45) is -2.98. The molecule has 3 aliphatic rings. The van der Waals surface area contributed by atoms with Gasteiger partial charge in [-0.1, -0.05) is 13.0 Å². The van der Waals surface area contributed by atoms with Gasteiger partial charge in [0.25, 0.3) is 5.91 Å². The average Bonchev–Trinajstić information content (AvgIpc) is 3.38. The summed E-state index contributed by atoms with van der Waals surface area (Å²) in [4.78, 5) is 14.5. The Morgan fingerprint density at radius 2 is 1.90 bits per heavy atom. The van der Waals surface area contributed by atoms with Crippen molar-refractivity contribution in [2.75, 3.05) is 25.2 Å². The van der Waals surface area contributed by atoms with E-state index in [1.54, 1.807) is 23.1 Å². The Bertz CT molecular complexity index is 998. The van der Waals surface area contributed by atoms with Crippen LogP contribution < -0.4 is 14.8 Å². The van der Waals surface area contributed by atoms with Crippen LogP contribution in [0.3, 0.4) is 0 Å². The number of likely N-dealkylation sites (tertiary alicyclic amines) is 1. The molecule has 5 rings (SSSR count). The van der Waals surface area contributed by atoms with E-state index in [1.807, 2.05) is 0 Å². The van der Waals surface area contributed by atoms with Crippen molar-refractivity contribution in [2.24, 2.45) is 5.92 Å². The van der Waals surface area contributed by atoms with Gasteiger partial charge < -0.3 is 19.7 Å². The van der Waals surface area contributed by atoms with Gasteiger partial charge in [-0.05, 0) is 36.5 Å². The van der Waals surface area contributed by atoms with Gasteiger partial charge in [-0.15, -0.1) is 0 Å². The molecule has 1 N–H and O–H groups in total. The predicted molar refractivity (Wildman–Crippen MR) is 105 cm³/mol. The van der Waals surface area contributed by atoms with E-state index in [-0.39, 0.29) is 30.6 Å². The van der Waals surface area contributed by atoms with E-state index in [9.17, 15) is 18.0 Å². The molecule has 10 heteroatoms. The molecule has 1 amide bonds. The molecule has 1 fully saturated rings. The summed E-state index contributed by atoms with van der Waals surface area (Å²) in [7, 11) is 0. The van der Waals surface area contributed by atoms with Crippen LogP contribution in [0, 0.1) is 5.92 Å². The highest BCUT2D eigenvalue weighted by molar-refractivity contribution is 5.93. The molecule has 31 heavy (non-hydrogen) atoms. The minimum Gasteiger partial charge on any atom is -0.454 e. The van der Waals surface area contributed by atoms with E-state index in [2.05, 4.69) is 17.3 Å². The van der Waals surface area contributed by atoms with Crippen LogP contribution in [-0.2, 0) is 0 Å². The van der Waals surface area contributed by atoms with Gasteiger partial charge in [0.1, 0.15) is 5.82 Å². The summed E-state index contributed by atoms with van der Waals surface area (Å²) in [5.74, 6) is 1.48. The fourth-order valence-corrected chi connectivity index (χ4v) is 4.40. The third kappa shape index (κ3) is 3.68. The van der Waals surface area contributed by atoms with Crippen molar-refractivity contribution in [3.8, 4) is 11.5 Å². The Balaban J connectivity index is 1.44. The lowest BCUT2D eigenvalue weighted by Gasteiger charge is -2.33. The van der Waals surface area contributed by atoms with Gasteiger partial charge in [0.05, 0.1) is 6.04 Å². The number of alkyl halides is 3. The second kappa shape index (κ2) is 7.35. The van der Waals surface area contributed by atoms with Crippen molar-refractivity contribution >= 4 is 11.7 Å². The number of ether oxygens (including phenoxy) is 2. The fourth-order valence-electron chi connectivity index (χ4n) is 4.40. The Kier molecular flexibility index (Phi) is 4.75. The topological polar surface area (TPSA) is 68.6 Å². The molecule has 0 saturated carbocycles. The zero-order valence-corrected chi connectivity index (χ0v) is 17.0. The quantitative estimate of drug-likeness (QED) is 0.766. The number of nitrogens with one attached hydrogen (secondary N) is 1. The third-order valence-corrected chi connectivity index (χ3v) is 6.28. The highest BCUT2D eigenvalue weighted by Gasteiger charge is 2.47. The molecule has 166 valence electrons. The van der Waals surface area contributed by atoms with E-state index in [4.69, 9.17) is 9.47 Å². The van der Waals surface area contributed by atoms with Crippen LogP contribution in [0.25, 0.3) is 0 Å². The number of benzene rings is 1. The summed E-state index contributed by atoms with van der Waals surface area (Å²) in [5.41, 5.74) is 0.696. The van der Waals surface area contributed by atoms with Crippen LogP contribution in [0.1, 0.15) is 54.3 Å². The Morgan fingerprint density at radius 3 is 2.65 bits per heavy atom. The lowest BCUT2D eigenvalue weighted by Crippen LogP contribution is -2.38. The Hall–Kier alpha value is -2.91. The summed E-state index contributed by atoms with van der Waals surface area (Å²) < 4.78 is 53.3. The highest BCUT2D eigenvalue weighted by Crippen LogP contribution is 2.45. The van der Waals surface area contributed by atoms with Gasteiger partial charge in [0.2, 0.25) is 6.79 Å². The van der Waals surface area contributed by atoms with E-state index in [0.29, 0.717) is 36.1 Å². The lowest BCUT2D eigenvalue weighted by atomic mass is 9.96. The second-order valence-corrected chi connectivity index (χ2v) is 8.44. The molecule has 0 spiro atoms. The number of fused-ring (bicyclic) bond motifs is 2. The van der Waals surface area contributed by atoms with Crippen LogP contribution in [-0.4, -0.2) is 46.6 Å². The lowest BCUT2D eigenvalue weighted by molar-refractivity contribution is -0.173. The minimum absolute atomic E-state index is 0.0395. The number of hydrogen-bond acceptors (Lipinski definition) is 5. The molecular weight excluding hydrogens is 413 g/mol. The average molecular weight is 436 g/mol. The van der Waals surface area contributed by atoms with Crippen molar-refractivity contribution in [2.45, 2.75) is 44.4 Å². The molecule has 7 nitrogen and oxygen atoms in total. The first-order valence-corrected chi connectivity index (χ1v) is 10.4. The van der Waals surface area contributed by atoms with Crippen molar-refractivity contribution < 1.29 is 27.4 Å². The van der Waals surface area contributed by atoms with Crippen LogP contribution >= 0.6 is 0 Å². The largest absolute Gasteiger partial charge is 0.454 e. The van der Waals surface area contributed by atoms with Gasteiger partial charge in [-0.3, -0.25) is 4.79 Å². The number of halogens is 3. The molecule has 0 bridgehead atoms. The Labute approximate surface area is 177 Å². The first-order valence-electron chi connectivity index (χ1n) is 10.4. The fraction of sp³-hybridized carbons (Fsp3) is 0.524. The van der Waals surface area contributed by atoms with Crippen LogP contribution in [0.5, 0.6) is 11.5 Å². The van der Waals surface area contributed by atoms with Gasteiger partial charge in [0, 0.05) is 25.6 Å². The number of amides is 1. The standard InChI is InChI=1S/C21H23F3N4O3/c1-12-4-6-27(7-5-12)20(29)15-10-19-25-14(9-18(21(22,23)24)28(19)26-15)13-2-3-16-17(8-13)31-11-30-16/h2-3,8,10,12,14,18,25H,4-7,9,11H2,1H3/t14-,18-/m0/s1. The van der Waals surface area contributed by atoms with Crippen molar-refractivity contribution in [3.63, 3.8) is 0 Å². The molecule has 0 aliphatic carbocycles. The maximum Gasteiger partial charge on any atom is 0.410 e. The van der Waals surface area contributed by atoms with Gasteiger partial charge in [-0.2, -0.15) is 18.3 Å². The monoisotopic (exact) mass is 436 g/mol. The van der Waals surface area contributed by atoms with E-state index < -0.39 is 18.3 Å². The number of carbonyl (C=O) groups is 1. The van der Waals surface area contributed by atoms with Crippen LogP contribution in [0.4, 0.5) is 19.0 Å². The van der Waals surface area contributed by atoms with E-state index in [1.165, 1.54) is 6.07 Å². The van der Waals surface area contributed by atoms with E-state index in [0.717, 1.165) is 17.5 Å². The summed E-state index contributed by atoms with van der Waals surface area (Å²) in [6, 6.07) is 4.11. The number of rotatable bonds is 2. The smallest absolute Gasteiger partial charge is 0.410 e. The number of carbonyl (C=O) groups excluding carboxylic acids is 1. The van der Waals surface area contributed by atoms with Gasteiger partial charge in [0.15, 0.2) is 23.2 Å². The molecule has 3 aliphatic heterocycles. The molecule has 2 atom stereocenters. The molecule has 0 unspecified atom stereocenters. The molecule has 1 aromatic carbocycles. The van der Waals surface area contributed by atoms with Crippen LogP contribution in [0.15, 0.2) is 24.3 Å². The number of piperidine rings is 1. The SMILES string of the molecule is CC1CCN(C(=O)c2cc3n(n2)[C@H](C(F)(F)F)C[C@@H](c2ccc4c(c2)OCO4)N3)CC1. The molecule has 2 aromatic rings. The Morgan fingerprint density at radius 1 is 1.16 bits per heavy atom. The van der Waals surface area contributed by atoms with Crippen molar-refractivity contribution in [3.05, 3.63) is 35.5 Å². The molecule has 1 saturated heterocycles.